The molecular weight excluding hydrogens is 532 g/mol. The molecule has 2 saturated heterocycles. The zero-order valence-electron chi connectivity index (χ0n) is 21.1. The van der Waals surface area contributed by atoms with E-state index in [-0.39, 0.29) is 49.5 Å². The Morgan fingerprint density at radius 3 is 2.82 bits per heavy atom. The fourth-order valence-corrected chi connectivity index (χ4v) is 6.46. The highest BCUT2D eigenvalue weighted by Gasteiger charge is 2.28. The van der Waals surface area contributed by atoms with Gasteiger partial charge in [0.05, 0.1) is 15.2 Å². The average Bonchev–Trinajstić information content (AvgIpc) is 3.49. The van der Waals surface area contributed by atoms with Crippen LogP contribution < -0.4 is 20.7 Å². The molecule has 2 fully saturated rings. The Labute approximate surface area is 227 Å². The lowest BCUT2D eigenvalue weighted by atomic mass is 10.0. The van der Waals surface area contributed by atoms with Crippen molar-refractivity contribution in [2.24, 2.45) is 0 Å². The van der Waals surface area contributed by atoms with E-state index in [4.69, 9.17) is 27.1 Å². The molecular formula is C26H28ClF2N7OS. The second-order valence-electron chi connectivity index (χ2n) is 9.93. The van der Waals surface area contributed by atoms with Crippen molar-refractivity contribution in [1.29, 1.82) is 0 Å². The number of rotatable bonds is 5. The maximum absolute atomic E-state index is 16.5. The molecule has 4 heterocycles. The topological polar surface area (TPSA) is 92.4 Å². The lowest BCUT2D eigenvalue weighted by Gasteiger charge is -2.35. The quantitative estimate of drug-likeness (QED) is 0.364. The minimum Gasteiger partial charge on any atom is -0.462 e. The van der Waals surface area contributed by atoms with E-state index in [0.717, 1.165) is 43.8 Å². The first-order valence-corrected chi connectivity index (χ1v) is 13.9. The van der Waals surface area contributed by atoms with Crippen molar-refractivity contribution < 1.29 is 13.5 Å². The summed E-state index contributed by atoms with van der Waals surface area (Å²) in [6, 6.07) is 4.92. The Kier molecular flexibility index (Phi) is 6.71. The van der Waals surface area contributed by atoms with Crippen molar-refractivity contribution in [3.63, 3.8) is 0 Å². The minimum atomic E-state index is -0.638. The van der Waals surface area contributed by atoms with E-state index in [0.29, 0.717) is 29.9 Å². The van der Waals surface area contributed by atoms with E-state index in [1.54, 1.807) is 6.07 Å². The van der Waals surface area contributed by atoms with Crippen molar-refractivity contribution >= 4 is 55.0 Å². The highest BCUT2D eigenvalue weighted by molar-refractivity contribution is 7.22. The smallest absolute Gasteiger partial charge is 0.319 e. The number of halogens is 3. The standard InChI is InChI=1S/C26H28ClF2N7OS/c1-13-11-31-7-9-36(13)24-16-10-17(27)19(15-5-6-18(28)23-22(15)32-25(30)38-23)20(29)21(16)33-26(34-24)37-12-14-4-3-8-35(14)2/h5-6,10,13-14,31H,3-4,7-9,11-12H2,1-2H3,(H2,30,32). The van der Waals surface area contributed by atoms with Crippen LogP contribution in [0, 0.1) is 11.6 Å². The van der Waals surface area contributed by atoms with Crippen LogP contribution in [0.5, 0.6) is 6.01 Å². The molecule has 2 aromatic carbocycles. The fraction of sp³-hybridized carbons (Fsp3) is 0.423. The number of benzene rings is 2. The van der Waals surface area contributed by atoms with Crippen LogP contribution in [-0.2, 0) is 0 Å². The highest BCUT2D eigenvalue weighted by atomic mass is 35.5. The maximum atomic E-state index is 16.5. The van der Waals surface area contributed by atoms with Crippen molar-refractivity contribution in [2.75, 3.05) is 50.5 Å². The minimum absolute atomic E-state index is 0.0916. The van der Waals surface area contributed by atoms with E-state index in [9.17, 15) is 4.39 Å². The molecule has 2 atom stereocenters. The molecule has 200 valence electrons. The number of aromatic nitrogens is 3. The molecule has 0 amide bonds. The summed E-state index contributed by atoms with van der Waals surface area (Å²) in [5, 5.41) is 4.21. The summed E-state index contributed by atoms with van der Waals surface area (Å²) >= 11 is 7.74. The summed E-state index contributed by atoms with van der Waals surface area (Å²) in [6.07, 6.45) is 2.13. The SMILES string of the molecule is CC1CNCCN1c1nc(OCC2CCCN2C)nc2c(F)c(-c3ccc(F)c4sc(N)nc34)c(Cl)cc12. The van der Waals surface area contributed by atoms with E-state index < -0.39 is 11.6 Å². The lowest BCUT2D eigenvalue weighted by molar-refractivity contribution is 0.188. The third-order valence-corrected chi connectivity index (χ3v) is 8.66. The van der Waals surface area contributed by atoms with Gasteiger partial charge in [0.2, 0.25) is 0 Å². The Bertz CT molecular complexity index is 1530. The van der Waals surface area contributed by atoms with E-state index >= 15 is 4.39 Å². The van der Waals surface area contributed by atoms with Crippen LogP contribution in [0.1, 0.15) is 19.8 Å². The molecule has 0 spiro atoms. The summed E-state index contributed by atoms with van der Waals surface area (Å²) in [4.78, 5) is 17.9. The van der Waals surface area contributed by atoms with Gasteiger partial charge in [0.1, 0.15) is 23.8 Å². The molecule has 2 aromatic heterocycles. The number of anilines is 2. The van der Waals surface area contributed by atoms with Gasteiger partial charge in [-0.1, -0.05) is 22.9 Å². The van der Waals surface area contributed by atoms with Crippen LogP contribution in [0.2, 0.25) is 5.02 Å². The van der Waals surface area contributed by atoms with Crippen LogP contribution in [0.25, 0.3) is 32.2 Å². The molecule has 2 unspecified atom stereocenters. The Morgan fingerprint density at radius 2 is 2.05 bits per heavy atom. The number of likely N-dealkylation sites (N-methyl/N-ethyl adjacent to an activating group) is 1. The molecule has 8 nitrogen and oxygen atoms in total. The van der Waals surface area contributed by atoms with Gasteiger partial charge in [-0.05, 0) is 51.6 Å². The average molecular weight is 560 g/mol. The van der Waals surface area contributed by atoms with Crippen LogP contribution in [-0.4, -0.2) is 71.8 Å². The molecule has 0 saturated carbocycles. The summed E-state index contributed by atoms with van der Waals surface area (Å²) in [6.45, 7) is 5.74. The van der Waals surface area contributed by atoms with Gasteiger partial charge in [0.15, 0.2) is 10.9 Å². The normalized spacial score (nSPS) is 20.6. The van der Waals surface area contributed by atoms with Crippen LogP contribution >= 0.6 is 22.9 Å². The number of hydrogen-bond donors (Lipinski definition) is 2. The number of likely N-dealkylation sites (tertiary alicyclic amines) is 1. The monoisotopic (exact) mass is 559 g/mol. The molecule has 12 heteroatoms. The molecule has 38 heavy (non-hydrogen) atoms. The van der Waals surface area contributed by atoms with Gasteiger partial charge in [-0.2, -0.15) is 9.97 Å². The first kappa shape index (κ1) is 25.4. The molecule has 0 radical (unpaired) electrons. The molecule has 4 aromatic rings. The Morgan fingerprint density at radius 1 is 1.21 bits per heavy atom. The Hall–Kier alpha value is -2.86. The number of nitrogens with one attached hydrogen (secondary N) is 1. The van der Waals surface area contributed by atoms with Crippen molar-refractivity contribution in [1.82, 2.24) is 25.2 Å². The highest BCUT2D eigenvalue weighted by Crippen LogP contribution is 2.42. The van der Waals surface area contributed by atoms with Gasteiger partial charge < -0.3 is 25.6 Å². The van der Waals surface area contributed by atoms with E-state index in [1.807, 2.05) is 0 Å². The van der Waals surface area contributed by atoms with Gasteiger partial charge in [0, 0.05) is 48.2 Å². The summed E-state index contributed by atoms with van der Waals surface area (Å²) in [7, 11) is 2.07. The number of thiazole rings is 1. The molecule has 6 rings (SSSR count). The molecule has 0 aliphatic carbocycles. The van der Waals surface area contributed by atoms with Gasteiger partial charge >= 0.3 is 6.01 Å². The van der Waals surface area contributed by atoms with Gasteiger partial charge in [-0.25, -0.2) is 13.8 Å². The number of nitrogens with two attached hydrogens (primary N) is 1. The molecule has 0 bridgehead atoms. The van der Waals surface area contributed by atoms with Crippen molar-refractivity contribution in [3.8, 4) is 17.1 Å². The van der Waals surface area contributed by atoms with Gasteiger partial charge in [-0.3, -0.25) is 0 Å². The summed E-state index contributed by atoms with van der Waals surface area (Å²) in [5.41, 5.74) is 6.66. The molecule has 3 N–H and O–H groups in total. The number of ether oxygens (including phenoxy) is 1. The second-order valence-corrected chi connectivity index (χ2v) is 11.4. The van der Waals surface area contributed by atoms with Crippen molar-refractivity contribution in [3.05, 3.63) is 34.9 Å². The van der Waals surface area contributed by atoms with Gasteiger partial charge in [0.25, 0.3) is 0 Å². The number of piperazine rings is 1. The van der Waals surface area contributed by atoms with Crippen LogP contribution in [0.3, 0.4) is 0 Å². The number of hydrogen-bond acceptors (Lipinski definition) is 9. The predicted octanol–water partition coefficient (Wildman–Crippen LogP) is 4.69. The number of nitrogen functional groups attached to an aromatic ring is 1. The van der Waals surface area contributed by atoms with Crippen LogP contribution in [0.15, 0.2) is 18.2 Å². The zero-order chi connectivity index (χ0) is 26.6. The molecule has 2 aliphatic rings. The van der Waals surface area contributed by atoms with Crippen LogP contribution in [0.4, 0.5) is 19.7 Å². The third-order valence-electron chi connectivity index (χ3n) is 7.47. The number of nitrogens with zero attached hydrogens (tertiary/aromatic N) is 5. The predicted molar refractivity (Wildman–Crippen MR) is 148 cm³/mol. The third kappa shape index (κ3) is 4.41. The maximum Gasteiger partial charge on any atom is 0.319 e. The van der Waals surface area contributed by atoms with Crippen molar-refractivity contribution in [2.45, 2.75) is 31.8 Å². The summed E-state index contributed by atoms with van der Waals surface area (Å²) < 4.78 is 37.3. The second kappa shape index (κ2) is 10.0. The first-order valence-electron chi connectivity index (χ1n) is 12.7. The van der Waals surface area contributed by atoms with E-state index in [1.165, 1.54) is 12.1 Å². The number of fused-ring (bicyclic) bond motifs is 2. The fourth-order valence-electron chi connectivity index (χ4n) is 5.40. The van der Waals surface area contributed by atoms with E-state index in [2.05, 4.69) is 39.1 Å². The first-order chi connectivity index (χ1) is 18.3. The van der Waals surface area contributed by atoms with Gasteiger partial charge in [-0.15, -0.1) is 0 Å². The largest absolute Gasteiger partial charge is 0.462 e. The molecule has 2 aliphatic heterocycles. The Balaban J connectivity index is 1.52. The zero-order valence-corrected chi connectivity index (χ0v) is 22.7. The summed E-state index contributed by atoms with van der Waals surface area (Å²) in [5.74, 6) is -0.533. The lowest BCUT2D eigenvalue weighted by Crippen LogP contribution is -2.50.